The van der Waals surface area contributed by atoms with Crippen molar-refractivity contribution >= 4 is 39.9 Å². The summed E-state index contributed by atoms with van der Waals surface area (Å²) in [5.74, 6) is 0. The highest BCUT2D eigenvalue weighted by atomic mass is 15.1. The average molecular weight is 796 g/mol. The third kappa shape index (κ3) is 5.91. The highest BCUT2D eigenvalue weighted by Crippen LogP contribution is 2.63. The van der Waals surface area contributed by atoms with Gasteiger partial charge in [0, 0.05) is 23.3 Å². The molecule has 1 heteroatoms. The largest absolute Gasteiger partial charge is 0.338 e. The highest BCUT2D eigenvalue weighted by Gasteiger charge is 2.54. The third-order valence-corrected chi connectivity index (χ3v) is 13.9. The van der Waals surface area contributed by atoms with Crippen LogP contribution < -0.4 is 15.3 Å². The molecule has 0 unspecified atom stereocenters. The molecule has 62 heavy (non-hydrogen) atoms. The molecule has 3 aliphatic carbocycles. The van der Waals surface area contributed by atoms with Crippen molar-refractivity contribution in [2.24, 2.45) is 0 Å². The van der Waals surface area contributed by atoms with Crippen LogP contribution in [0.2, 0.25) is 0 Å². The van der Waals surface area contributed by atoms with Gasteiger partial charge in [0.15, 0.2) is 0 Å². The van der Waals surface area contributed by atoms with E-state index in [0.717, 1.165) is 29.4 Å². The zero-order valence-electron chi connectivity index (χ0n) is 35.5. The fourth-order valence-corrected chi connectivity index (χ4v) is 11.0. The summed E-state index contributed by atoms with van der Waals surface area (Å²) in [5, 5.41) is 4.88. The van der Waals surface area contributed by atoms with Gasteiger partial charge < -0.3 is 4.90 Å². The van der Waals surface area contributed by atoms with Gasteiger partial charge >= 0.3 is 0 Å². The molecule has 0 saturated carbocycles. The van der Waals surface area contributed by atoms with E-state index in [1.165, 1.54) is 77.2 Å². The van der Waals surface area contributed by atoms with Gasteiger partial charge in [0.2, 0.25) is 0 Å². The Labute approximate surface area is 365 Å². The minimum Gasteiger partial charge on any atom is -0.338 e. The predicted molar refractivity (Wildman–Crippen MR) is 263 cm³/mol. The van der Waals surface area contributed by atoms with E-state index >= 15 is 0 Å². The molecule has 3 aliphatic rings. The lowest BCUT2D eigenvalue weighted by atomic mass is 9.54. The molecule has 0 N–H and O–H groups in total. The van der Waals surface area contributed by atoms with Crippen molar-refractivity contribution in [3.63, 3.8) is 0 Å². The SMILES string of the molecule is C=C/C=c1/cccc/c1=C/CN(c1ccc(-c2ccc3c(c2)C2=C(CCC=C2)C32c3ccccc3C(C)(C)c3ccccc32)cc1)c1ccc(-c2cccc3ccccc23)cc1. The second kappa shape index (κ2) is 15.0. The standard InChI is InChI=1S/C61H49N/c1-4-16-42-17-5-6-18-43(42)39-40-62(49-36-31-46(32-37-49)51-23-15-20-45-19-7-8-21-50(45)51)48-34-29-44(30-35-48)47-33-38-55-53(41-47)52-22-9-10-24-54(52)61(55)58-27-13-11-25-56(58)60(2,3)57-26-12-14-28-59(57)61/h4-9,11-23,25-39,41H,1,10,24,40H2,2-3H3/b42-16-,43-39-. The van der Waals surface area contributed by atoms with Gasteiger partial charge in [-0.2, -0.15) is 0 Å². The van der Waals surface area contributed by atoms with Gasteiger partial charge in [0.1, 0.15) is 0 Å². The van der Waals surface area contributed by atoms with Gasteiger partial charge in [-0.3, -0.25) is 0 Å². The molecule has 298 valence electrons. The summed E-state index contributed by atoms with van der Waals surface area (Å²) in [6.07, 6.45) is 13.2. The van der Waals surface area contributed by atoms with Gasteiger partial charge in [-0.1, -0.05) is 202 Å². The molecule has 0 saturated heterocycles. The van der Waals surface area contributed by atoms with E-state index in [2.05, 4.69) is 232 Å². The first-order valence-corrected chi connectivity index (χ1v) is 22.1. The zero-order chi connectivity index (χ0) is 41.8. The summed E-state index contributed by atoms with van der Waals surface area (Å²) < 4.78 is 0. The summed E-state index contributed by atoms with van der Waals surface area (Å²) in [6, 6.07) is 67.8. The van der Waals surface area contributed by atoms with Crippen LogP contribution in [0, 0.1) is 0 Å². The molecule has 8 aromatic carbocycles. The van der Waals surface area contributed by atoms with Crippen molar-refractivity contribution in [3.05, 3.63) is 256 Å². The average Bonchev–Trinajstić information content (AvgIpc) is 3.62. The van der Waals surface area contributed by atoms with Crippen molar-refractivity contribution in [3.8, 4) is 22.3 Å². The number of benzene rings is 8. The molecular formula is C61H49N. The van der Waals surface area contributed by atoms with Crippen molar-refractivity contribution < 1.29 is 0 Å². The van der Waals surface area contributed by atoms with Crippen LogP contribution >= 0.6 is 0 Å². The van der Waals surface area contributed by atoms with Crippen LogP contribution in [-0.2, 0) is 10.8 Å². The monoisotopic (exact) mass is 795 g/mol. The summed E-state index contributed by atoms with van der Waals surface area (Å²) in [6.45, 7) is 9.48. The third-order valence-electron chi connectivity index (χ3n) is 13.9. The van der Waals surface area contributed by atoms with Gasteiger partial charge in [-0.05, 0) is 131 Å². The first-order chi connectivity index (χ1) is 30.5. The molecule has 1 spiro atoms. The van der Waals surface area contributed by atoms with Gasteiger partial charge in [-0.15, -0.1) is 0 Å². The molecule has 0 radical (unpaired) electrons. The molecule has 0 fully saturated rings. The maximum atomic E-state index is 3.97. The molecule has 0 aliphatic heterocycles. The van der Waals surface area contributed by atoms with Crippen LogP contribution in [0.1, 0.15) is 60.1 Å². The number of nitrogens with zero attached hydrogens (tertiary/aromatic N) is 1. The van der Waals surface area contributed by atoms with E-state index in [9.17, 15) is 0 Å². The smallest absolute Gasteiger partial charge is 0.0682 e. The lowest BCUT2D eigenvalue weighted by Crippen LogP contribution is -2.41. The number of anilines is 2. The zero-order valence-corrected chi connectivity index (χ0v) is 35.5. The van der Waals surface area contributed by atoms with Crippen LogP contribution in [0.25, 0.3) is 50.8 Å². The van der Waals surface area contributed by atoms with E-state index in [1.54, 1.807) is 5.57 Å². The normalized spacial score (nSPS) is 15.9. The minimum absolute atomic E-state index is 0.0913. The van der Waals surface area contributed by atoms with Crippen molar-refractivity contribution in [1.82, 2.24) is 0 Å². The molecule has 11 rings (SSSR count). The summed E-state index contributed by atoms with van der Waals surface area (Å²) in [7, 11) is 0. The van der Waals surface area contributed by atoms with Crippen LogP contribution in [0.3, 0.4) is 0 Å². The fourth-order valence-electron chi connectivity index (χ4n) is 11.0. The van der Waals surface area contributed by atoms with Crippen molar-refractivity contribution in [1.29, 1.82) is 0 Å². The Bertz CT molecular complexity index is 3190. The molecular weight excluding hydrogens is 747 g/mol. The molecule has 0 aromatic heterocycles. The summed E-state index contributed by atoms with van der Waals surface area (Å²) >= 11 is 0. The Kier molecular flexibility index (Phi) is 9.16. The van der Waals surface area contributed by atoms with E-state index in [1.807, 2.05) is 6.08 Å². The quantitative estimate of drug-likeness (QED) is 0.155. The Hall–Kier alpha value is -7.22. The molecule has 0 bridgehead atoms. The Morgan fingerprint density at radius 1 is 0.548 bits per heavy atom. The van der Waals surface area contributed by atoms with Gasteiger partial charge in [0.25, 0.3) is 0 Å². The van der Waals surface area contributed by atoms with E-state index in [-0.39, 0.29) is 10.8 Å². The molecule has 8 aromatic rings. The minimum atomic E-state index is -0.303. The second-order valence-corrected chi connectivity index (χ2v) is 17.5. The number of hydrogen-bond acceptors (Lipinski definition) is 1. The predicted octanol–water partition coefficient (Wildman–Crippen LogP) is 13.8. The molecule has 0 heterocycles. The Morgan fingerprint density at radius 3 is 1.85 bits per heavy atom. The van der Waals surface area contributed by atoms with E-state index < -0.39 is 0 Å². The first kappa shape index (κ1) is 37.8. The van der Waals surface area contributed by atoms with Crippen LogP contribution in [0.15, 0.2) is 212 Å². The van der Waals surface area contributed by atoms with Crippen LogP contribution in [-0.4, -0.2) is 6.54 Å². The topological polar surface area (TPSA) is 3.24 Å². The number of hydrogen-bond donors (Lipinski definition) is 0. The lowest BCUT2D eigenvalue weighted by Gasteiger charge is -2.47. The molecule has 0 atom stereocenters. The van der Waals surface area contributed by atoms with E-state index in [4.69, 9.17) is 0 Å². The van der Waals surface area contributed by atoms with Gasteiger partial charge in [-0.25, -0.2) is 0 Å². The van der Waals surface area contributed by atoms with Crippen molar-refractivity contribution in [2.45, 2.75) is 37.5 Å². The first-order valence-electron chi connectivity index (χ1n) is 22.1. The maximum absolute atomic E-state index is 3.97. The second-order valence-electron chi connectivity index (χ2n) is 17.5. The molecule has 0 amide bonds. The van der Waals surface area contributed by atoms with Crippen LogP contribution in [0.4, 0.5) is 11.4 Å². The van der Waals surface area contributed by atoms with Crippen molar-refractivity contribution in [2.75, 3.05) is 11.4 Å². The summed E-state index contributed by atoms with van der Waals surface area (Å²) in [4.78, 5) is 2.41. The lowest BCUT2D eigenvalue weighted by molar-refractivity contribution is 0.550. The molecule has 1 nitrogen and oxygen atoms in total. The van der Waals surface area contributed by atoms with Crippen LogP contribution in [0.5, 0.6) is 0 Å². The number of allylic oxidation sites excluding steroid dienone is 5. The fraction of sp³-hybridized carbons (Fsp3) is 0.115. The highest BCUT2D eigenvalue weighted by molar-refractivity contribution is 5.97. The summed E-state index contributed by atoms with van der Waals surface area (Å²) in [5.41, 5.74) is 18.3. The maximum Gasteiger partial charge on any atom is 0.0682 e. The number of rotatable bonds is 7. The Morgan fingerprint density at radius 2 is 1.15 bits per heavy atom. The number of fused-ring (bicyclic) bond motifs is 9. The Balaban J connectivity index is 0.996. The van der Waals surface area contributed by atoms with Gasteiger partial charge in [0.05, 0.1) is 5.41 Å². The van der Waals surface area contributed by atoms with E-state index in [0.29, 0.717) is 6.54 Å².